The van der Waals surface area contributed by atoms with Crippen molar-refractivity contribution in [3.8, 4) is 0 Å². The number of nitrogens with zero attached hydrogens (tertiary/aromatic N) is 1. The summed E-state index contributed by atoms with van der Waals surface area (Å²) in [5.74, 6) is 1.65. The number of hydrogen-bond acceptors (Lipinski definition) is 3. The lowest BCUT2D eigenvalue weighted by molar-refractivity contribution is -0.208. The van der Waals surface area contributed by atoms with Gasteiger partial charge in [-0.05, 0) is 50.6 Å². The van der Waals surface area contributed by atoms with Crippen LogP contribution in [0.25, 0.3) is 0 Å². The molecule has 21 heavy (non-hydrogen) atoms. The Morgan fingerprint density at radius 3 is 2.57 bits per heavy atom. The van der Waals surface area contributed by atoms with E-state index in [1.807, 2.05) is 0 Å². The van der Waals surface area contributed by atoms with Crippen LogP contribution in [-0.4, -0.2) is 43.0 Å². The van der Waals surface area contributed by atoms with E-state index in [0.29, 0.717) is 6.10 Å². The molecule has 3 heteroatoms. The predicted octanol–water partition coefficient (Wildman–Crippen LogP) is 3.57. The maximum Gasteiger partial charge on any atom is 0.169 e. The summed E-state index contributed by atoms with van der Waals surface area (Å²) in [7, 11) is 0. The first-order valence-electron chi connectivity index (χ1n) is 9.37. The lowest BCUT2D eigenvalue weighted by Crippen LogP contribution is -2.43. The van der Waals surface area contributed by atoms with Gasteiger partial charge in [0, 0.05) is 19.4 Å². The van der Waals surface area contributed by atoms with Crippen LogP contribution in [0.15, 0.2) is 0 Å². The Kier molecular flexibility index (Phi) is 4.25. The van der Waals surface area contributed by atoms with Crippen LogP contribution in [0.2, 0.25) is 0 Å². The molecule has 0 radical (unpaired) electrons. The monoisotopic (exact) mass is 293 g/mol. The summed E-state index contributed by atoms with van der Waals surface area (Å²) in [6.07, 6.45) is 13.9. The fourth-order valence-corrected chi connectivity index (χ4v) is 5.21. The van der Waals surface area contributed by atoms with Crippen molar-refractivity contribution in [1.29, 1.82) is 0 Å². The lowest BCUT2D eigenvalue weighted by atomic mass is 9.69. The van der Waals surface area contributed by atoms with Gasteiger partial charge in [-0.3, -0.25) is 0 Å². The highest BCUT2D eigenvalue weighted by Gasteiger charge is 2.48. The molecule has 0 aromatic carbocycles. The average molecular weight is 293 g/mol. The first-order valence-corrected chi connectivity index (χ1v) is 9.37. The van der Waals surface area contributed by atoms with Crippen molar-refractivity contribution in [1.82, 2.24) is 4.90 Å². The van der Waals surface area contributed by atoms with Crippen LogP contribution in [0.4, 0.5) is 0 Å². The summed E-state index contributed by atoms with van der Waals surface area (Å²) < 4.78 is 12.7. The zero-order chi connectivity index (χ0) is 14.1. The van der Waals surface area contributed by atoms with Crippen molar-refractivity contribution in [2.75, 3.05) is 26.2 Å². The van der Waals surface area contributed by atoms with Gasteiger partial charge in [-0.15, -0.1) is 0 Å². The molecule has 0 aromatic heterocycles. The number of fused-ring (bicyclic) bond motifs is 1. The Labute approximate surface area is 129 Å². The minimum Gasteiger partial charge on any atom is -0.347 e. The average Bonchev–Trinajstić information content (AvgIpc) is 2.90. The molecule has 3 nitrogen and oxygen atoms in total. The highest BCUT2D eigenvalue weighted by Crippen LogP contribution is 2.48. The molecule has 2 aliphatic carbocycles. The molecule has 2 saturated carbocycles. The first kappa shape index (κ1) is 14.5. The molecule has 120 valence electrons. The van der Waals surface area contributed by atoms with Crippen LogP contribution >= 0.6 is 0 Å². The molecule has 0 N–H and O–H groups in total. The molecule has 1 spiro atoms. The molecule has 0 aromatic rings. The molecule has 4 aliphatic rings. The molecule has 4 atom stereocenters. The maximum absolute atomic E-state index is 6.48. The quantitative estimate of drug-likeness (QED) is 0.777. The number of piperidine rings is 1. The number of ether oxygens (including phenoxy) is 2. The molecule has 4 rings (SSSR count). The Morgan fingerprint density at radius 2 is 1.71 bits per heavy atom. The van der Waals surface area contributed by atoms with Crippen LogP contribution < -0.4 is 0 Å². The maximum atomic E-state index is 6.48. The van der Waals surface area contributed by atoms with Crippen LogP contribution in [0.1, 0.15) is 64.2 Å². The third-order valence-electron chi connectivity index (χ3n) is 6.36. The zero-order valence-corrected chi connectivity index (χ0v) is 13.4. The Bertz CT molecular complexity index is 355. The molecular weight excluding hydrogens is 262 g/mol. The van der Waals surface area contributed by atoms with Crippen molar-refractivity contribution >= 4 is 0 Å². The topological polar surface area (TPSA) is 21.7 Å². The van der Waals surface area contributed by atoms with E-state index in [4.69, 9.17) is 9.47 Å². The Hall–Kier alpha value is -0.120. The second kappa shape index (κ2) is 6.17. The summed E-state index contributed by atoms with van der Waals surface area (Å²) >= 11 is 0. The predicted molar refractivity (Wildman–Crippen MR) is 83.1 cm³/mol. The molecule has 2 aliphatic heterocycles. The second-order valence-corrected chi connectivity index (χ2v) is 7.87. The SMILES string of the molecule is C1CCN(C[C@@H]2CO[C@]3(CC[C@@H]4CCCC[C@@H]4C3)O2)CC1. The van der Waals surface area contributed by atoms with Gasteiger partial charge in [0.1, 0.15) is 0 Å². The van der Waals surface area contributed by atoms with Crippen molar-refractivity contribution < 1.29 is 9.47 Å². The summed E-state index contributed by atoms with van der Waals surface area (Å²) in [6.45, 7) is 4.44. The van der Waals surface area contributed by atoms with E-state index in [1.165, 1.54) is 70.9 Å². The summed E-state index contributed by atoms with van der Waals surface area (Å²) in [4.78, 5) is 2.59. The summed E-state index contributed by atoms with van der Waals surface area (Å²) in [6, 6.07) is 0. The van der Waals surface area contributed by atoms with Crippen molar-refractivity contribution in [2.45, 2.75) is 76.1 Å². The third kappa shape index (κ3) is 3.16. The van der Waals surface area contributed by atoms with E-state index < -0.39 is 0 Å². The largest absolute Gasteiger partial charge is 0.347 e. The fourth-order valence-electron chi connectivity index (χ4n) is 5.21. The Morgan fingerprint density at radius 1 is 0.905 bits per heavy atom. The molecule has 4 fully saturated rings. The molecular formula is C18H31NO2. The van der Waals surface area contributed by atoms with Gasteiger partial charge in [-0.25, -0.2) is 0 Å². The normalized spacial score (nSPS) is 44.9. The van der Waals surface area contributed by atoms with E-state index in [-0.39, 0.29) is 5.79 Å². The van der Waals surface area contributed by atoms with Crippen LogP contribution in [-0.2, 0) is 9.47 Å². The molecule has 0 unspecified atom stereocenters. The smallest absolute Gasteiger partial charge is 0.169 e. The summed E-state index contributed by atoms with van der Waals surface area (Å²) in [5, 5.41) is 0. The van der Waals surface area contributed by atoms with Gasteiger partial charge in [0.05, 0.1) is 12.7 Å². The van der Waals surface area contributed by atoms with Gasteiger partial charge in [-0.1, -0.05) is 25.7 Å². The van der Waals surface area contributed by atoms with E-state index in [1.54, 1.807) is 0 Å². The van der Waals surface area contributed by atoms with Crippen molar-refractivity contribution in [3.05, 3.63) is 0 Å². The molecule has 0 amide bonds. The van der Waals surface area contributed by atoms with E-state index in [0.717, 1.165) is 31.4 Å². The highest BCUT2D eigenvalue weighted by molar-refractivity contribution is 4.92. The molecule has 2 saturated heterocycles. The van der Waals surface area contributed by atoms with Gasteiger partial charge in [0.15, 0.2) is 5.79 Å². The van der Waals surface area contributed by atoms with E-state index in [2.05, 4.69) is 4.90 Å². The van der Waals surface area contributed by atoms with Crippen LogP contribution in [0.5, 0.6) is 0 Å². The van der Waals surface area contributed by atoms with E-state index in [9.17, 15) is 0 Å². The second-order valence-electron chi connectivity index (χ2n) is 7.87. The van der Waals surface area contributed by atoms with Crippen molar-refractivity contribution in [2.24, 2.45) is 11.8 Å². The number of rotatable bonds is 2. The molecule has 2 heterocycles. The van der Waals surface area contributed by atoms with Crippen molar-refractivity contribution in [3.63, 3.8) is 0 Å². The van der Waals surface area contributed by atoms with Gasteiger partial charge in [0.25, 0.3) is 0 Å². The first-order chi connectivity index (χ1) is 10.3. The van der Waals surface area contributed by atoms with Gasteiger partial charge < -0.3 is 14.4 Å². The number of hydrogen-bond donors (Lipinski definition) is 0. The van der Waals surface area contributed by atoms with Crippen LogP contribution in [0.3, 0.4) is 0 Å². The minimum absolute atomic E-state index is 0.195. The third-order valence-corrected chi connectivity index (χ3v) is 6.36. The molecule has 0 bridgehead atoms. The highest BCUT2D eigenvalue weighted by atomic mass is 16.7. The number of likely N-dealkylation sites (tertiary alicyclic amines) is 1. The zero-order valence-electron chi connectivity index (χ0n) is 13.4. The Balaban J connectivity index is 1.32. The van der Waals surface area contributed by atoms with E-state index >= 15 is 0 Å². The standard InChI is InChI=1S/C18H31NO2/c1-4-10-19(11-5-1)13-17-14-20-18(21-17)9-8-15-6-2-3-7-16(15)12-18/h15-17H,1-14H2/t15-,16+,17+,18+/m0/s1. The van der Waals surface area contributed by atoms with Gasteiger partial charge in [-0.2, -0.15) is 0 Å². The van der Waals surface area contributed by atoms with Crippen LogP contribution in [0, 0.1) is 11.8 Å². The summed E-state index contributed by atoms with van der Waals surface area (Å²) in [5.41, 5.74) is 0. The van der Waals surface area contributed by atoms with Gasteiger partial charge in [0.2, 0.25) is 0 Å². The van der Waals surface area contributed by atoms with Gasteiger partial charge >= 0.3 is 0 Å². The lowest BCUT2D eigenvalue weighted by Gasteiger charge is -2.43. The minimum atomic E-state index is -0.195. The fraction of sp³-hybridized carbons (Fsp3) is 1.00.